The third-order valence-electron chi connectivity index (χ3n) is 2.23. The molecule has 0 aromatic heterocycles. The molecule has 0 radical (unpaired) electrons. The van der Waals surface area contributed by atoms with Gasteiger partial charge in [-0.3, -0.25) is 4.79 Å². The fraction of sp³-hybridized carbons (Fsp3) is 0.364. The Bertz CT molecular complexity index is 312. The summed E-state index contributed by atoms with van der Waals surface area (Å²) in [6.07, 6.45) is 1.59. The molecule has 0 aliphatic carbocycles. The van der Waals surface area contributed by atoms with Crippen LogP contribution in [0.2, 0.25) is 0 Å². The average molecular weight is 207 g/mol. The molecule has 0 spiro atoms. The third kappa shape index (κ3) is 2.51. The van der Waals surface area contributed by atoms with E-state index < -0.39 is 0 Å². The van der Waals surface area contributed by atoms with E-state index in [2.05, 4.69) is 17.4 Å². The van der Waals surface area contributed by atoms with E-state index >= 15 is 0 Å². The van der Waals surface area contributed by atoms with Gasteiger partial charge in [-0.15, -0.1) is 11.8 Å². The van der Waals surface area contributed by atoms with Gasteiger partial charge in [0.1, 0.15) is 0 Å². The molecule has 1 unspecified atom stereocenters. The maximum Gasteiger partial charge on any atom is 0.221 e. The van der Waals surface area contributed by atoms with Crippen molar-refractivity contribution in [3.05, 3.63) is 35.9 Å². The van der Waals surface area contributed by atoms with Crippen molar-refractivity contribution in [2.24, 2.45) is 0 Å². The lowest BCUT2D eigenvalue weighted by Gasteiger charge is -2.22. The van der Waals surface area contributed by atoms with Crippen molar-refractivity contribution in [2.75, 3.05) is 5.75 Å². The molecule has 14 heavy (non-hydrogen) atoms. The minimum Gasteiger partial charge on any atom is -0.344 e. The van der Waals surface area contributed by atoms with Crippen LogP contribution in [0.25, 0.3) is 0 Å². The van der Waals surface area contributed by atoms with Gasteiger partial charge in [0.25, 0.3) is 0 Å². The Hall–Kier alpha value is -0.960. The number of nitrogens with one attached hydrogen (secondary N) is 1. The van der Waals surface area contributed by atoms with Gasteiger partial charge in [0.05, 0.1) is 5.37 Å². The summed E-state index contributed by atoms with van der Waals surface area (Å²) >= 11 is 1.83. The van der Waals surface area contributed by atoms with Crippen LogP contribution >= 0.6 is 11.8 Å². The summed E-state index contributed by atoms with van der Waals surface area (Å²) in [5.74, 6) is 1.13. The lowest BCUT2D eigenvalue weighted by molar-refractivity contribution is -0.121. The molecule has 1 saturated heterocycles. The molecule has 1 N–H and O–H groups in total. The van der Waals surface area contributed by atoms with E-state index in [4.69, 9.17) is 0 Å². The summed E-state index contributed by atoms with van der Waals surface area (Å²) in [6, 6.07) is 10.3. The van der Waals surface area contributed by atoms with Gasteiger partial charge in [0.2, 0.25) is 5.91 Å². The summed E-state index contributed by atoms with van der Waals surface area (Å²) in [7, 11) is 0. The van der Waals surface area contributed by atoms with Crippen LogP contribution in [0.4, 0.5) is 0 Å². The Labute approximate surface area is 88.1 Å². The zero-order valence-corrected chi connectivity index (χ0v) is 8.72. The van der Waals surface area contributed by atoms with Crippen LogP contribution < -0.4 is 5.32 Å². The van der Waals surface area contributed by atoms with Crippen LogP contribution in [0.1, 0.15) is 12.0 Å². The lowest BCUT2D eigenvalue weighted by Crippen LogP contribution is -2.38. The highest BCUT2D eigenvalue weighted by atomic mass is 32.2. The molecular weight excluding hydrogens is 194 g/mol. The normalized spacial score (nSPS) is 21.7. The van der Waals surface area contributed by atoms with Crippen molar-refractivity contribution >= 4 is 17.7 Å². The van der Waals surface area contributed by atoms with Crippen molar-refractivity contribution < 1.29 is 4.79 Å². The number of hydrogen-bond acceptors (Lipinski definition) is 2. The van der Waals surface area contributed by atoms with Gasteiger partial charge in [-0.05, 0) is 5.56 Å². The number of hydrogen-bond donors (Lipinski definition) is 1. The van der Waals surface area contributed by atoms with Crippen LogP contribution in [0.5, 0.6) is 0 Å². The Morgan fingerprint density at radius 2 is 2.14 bits per heavy atom. The second-order valence-corrected chi connectivity index (χ2v) is 4.68. The molecule has 1 fully saturated rings. The van der Waals surface area contributed by atoms with E-state index in [-0.39, 0.29) is 11.3 Å². The summed E-state index contributed by atoms with van der Waals surface area (Å²) in [5.41, 5.74) is 1.28. The minimum atomic E-state index is 0.185. The maximum atomic E-state index is 11.1. The largest absolute Gasteiger partial charge is 0.344 e. The van der Waals surface area contributed by atoms with E-state index in [1.807, 2.05) is 30.0 Å². The van der Waals surface area contributed by atoms with E-state index in [0.717, 1.165) is 12.2 Å². The molecule has 1 aliphatic rings. The van der Waals surface area contributed by atoms with Gasteiger partial charge >= 0.3 is 0 Å². The number of carbonyl (C=O) groups is 1. The molecule has 1 aromatic carbocycles. The van der Waals surface area contributed by atoms with Crippen molar-refractivity contribution in [2.45, 2.75) is 18.2 Å². The summed E-state index contributed by atoms with van der Waals surface area (Å²) < 4.78 is 0. The second kappa shape index (κ2) is 4.51. The monoisotopic (exact) mass is 207 g/mol. The number of amides is 1. The lowest BCUT2D eigenvalue weighted by atomic mass is 10.1. The smallest absolute Gasteiger partial charge is 0.221 e. The van der Waals surface area contributed by atoms with E-state index in [1.165, 1.54) is 5.56 Å². The van der Waals surface area contributed by atoms with Gasteiger partial charge in [-0.1, -0.05) is 30.3 Å². The first-order valence-corrected chi connectivity index (χ1v) is 5.84. The third-order valence-corrected chi connectivity index (χ3v) is 3.36. The highest BCUT2D eigenvalue weighted by molar-refractivity contribution is 8.00. The topological polar surface area (TPSA) is 29.1 Å². The fourth-order valence-corrected chi connectivity index (χ4v) is 2.64. The Morgan fingerprint density at radius 1 is 1.36 bits per heavy atom. The summed E-state index contributed by atoms with van der Waals surface area (Å²) in [4.78, 5) is 11.1. The second-order valence-electron chi connectivity index (χ2n) is 3.37. The zero-order chi connectivity index (χ0) is 9.80. The highest BCUT2D eigenvalue weighted by Crippen LogP contribution is 2.18. The van der Waals surface area contributed by atoms with Crippen molar-refractivity contribution in [3.63, 3.8) is 0 Å². The van der Waals surface area contributed by atoms with E-state index in [0.29, 0.717) is 6.42 Å². The average Bonchev–Trinajstić information content (AvgIpc) is 2.19. The number of thioether (sulfide) groups is 1. The standard InChI is InChI=1S/C11H13NOS/c13-10-6-7-14-11(12-10)8-9-4-2-1-3-5-9/h1-5,11H,6-8H2,(H,12,13). The molecule has 1 aliphatic heterocycles. The van der Waals surface area contributed by atoms with Gasteiger partial charge in [0, 0.05) is 18.6 Å². The molecule has 2 nitrogen and oxygen atoms in total. The fourth-order valence-electron chi connectivity index (χ4n) is 1.53. The van der Waals surface area contributed by atoms with Crippen LogP contribution in [0.15, 0.2) is 30.3 Å². The Kier molecular flexibility index (Phi) is 3.09. The van der Waals surface area contributed by atoms with Crippen molar-refractivity contribution in [3.8, 4) is 0 Å². The van der Waals surface area contributed by atoms with Crippen LogP contribution in [-0.2, 0) is 11.2 Å². The zero-order valence-electron chi connectivity index (χ0n) is 7.90. The molecule has 1 amide bonds. The SMILES string of the molecule is O=C1CCSC(Cc2ccccc2)N1. The van der Waals surface area contributed by atoms with Gasteiger partial charge in [-0.25, -0.2) is 0 Å². The Morgan fingerprint density at radius 3 is 2.86 bits per heavy atom. The maximum absolute atomic E-state index is 11.1. The van der Waals surface area contributed by atoms with Crippen LogP contribution in [0.3, 0.4) is 0 Å². The molecule has 0 bridgehead atoms. The molecule has 1 heterocycles. The van der Waals surface area contributed by atoms with Crippen LogP contribution in [0, 0.1) is 0 Å². The summed E-state index contributed by atoms with van der Waals surface area (Å²) in [6.45, 7) is 0. The number of benzene rings is 1. The molecule has 1 aromatic rings. The predicted octanol–water partition coefficient (Wildman–Crippen LogP) is 1.81. The van der Waals surface area contributed by atoms with Crippen molar-refractivity contribution in [1.29, 1.82) is 0 Å². The van der Waals surface area contributed by atoms with E-state index in [9.17, 15) is 4.79 Å². The number of rotatable bonds is 2. The van der Waals surface area contributed by atoms with Crippen LogP contribution in [-0.4, -0.2) is 17.0 Å². The first-order chi connectivity index (χ1) is 6.84. The minimum absolute atomic E-state index is 0.185. The first-order valence-electron chi connectivity index (χ1n) is 4.79. The Balaban J connectivity index is 1.94. The number of carbonyl (C=O) groups excluding carboxylic acids is 1. The molecule has 2 rings (SSSR count). The summed E-state index contributed by atoms with van der Waals surface area (Å²) in [5, 5.41) is 3.25. The van der Waals surface area contributed by atoms with Gasteiger partial charge in [-0.2, -0.15) is 0 Å². The van der Waals surface area contributed by atoms with Gasteiger partial charge < -0.3 is 5.32 Å². The first kappa shape index (κ1) is 9.59. The molecule has 0 saturated carbocycles. The molecular formula is C11H13NOS. The van der Waals surface area contributed by atoms with Gasteiger partial charge in [0.15, 0.2) is 0 Å². The quantitative estimate of drug-likeness (QED) is 0.801. The van der Waals surface area contributed by atoms with E-state index in [1.54, 1.807) is 0 Å². The van der Waals surface area contributed by atoms with Crippen molar-refractivity contribution in [1.82, 2.24) is 5.32 Å². The highest BCUT2D eigenvalue weighted by Gasteiger charge is 2.18. The molecule has 3 heteroatoms. The predicted molar refractivity (Wildman–Crippen MR) is 59.2 cm³/mol. The molecule has 74 valence electrons. The molecule has 1 atom stereocenters.